The van der Waals surface area contributed by atoms with Crippen LogP contribution in [0.15, 0.2) is 47.7 Å². The van der Waals surface area contributed by atoms with Gasteiger partial charge in [-0.05, 0) is 45.9 Å². The average Bonchev–Trinajstić information content (AvgIpc) is 3.28. The zero-order chi connectivity index (χ0) is 25.5. The van der Waals surface area contributed by atoms with E-state index in [9.17, 15) is 14.3 Å². The van der Waals surface area contributed by atoms with Crippen LogP contribution in [0.4, 0.5) is 4.39 Å². The second-order valence-electron chi connectivity index (χ2n) is 8.46. The molecule has 0 atom stereocenters. The molecule has 35 heavy (non-hydrogen) atoms. The van der Waals surface area contributed by atoms with E-state index < -0.39 is 17.0 Å². The minimum atomic E-state index is -1.11. The highest BCUT2D eigenvalue weighted by Crippen LogP contribution is 2.27. The lowest BCUT2D eigenvalue weighted by Crippen LogP contribution is -2.23. The summed E-state index contributed by atoms with van der Waals surface area (Å²) < 4.78 is 21.9. The summed E-state index contributed by atoms with van der Waals surface area (Å²) in [6, 6.07) is 6.16. The van der Waals surface area contributed by atoms with Crippen molar-refractivity contribution in [3.63, 3.8) is 0 Å². The van der Waals surface area contributed by atoms with Gasteiger partial charge in [-0.1, -0.05) is 23.2 Å². The Morgan fingerprint density at radius 1 is 1.17 bits per heavy atom. The summed E-state index contributed by atoms with van der Waals surface area (Å²) in [5.74, 6) is 0.0907. The van der Waals surface area contributed by atoms with Crippen LogP contribution in [0, 0.1) is 19.7 Å². The van der Waals surface area contributed by atoms with E-state index in [1.807, 2.05) is 6.92 Å². The number of aliphatic hydroxyl groups is 1. The second-order valence-corrected chi connectivity index (χ2v) is 9.24. The van der Waals surface area contributed by atoms with Crippen molar-refractivity contribution in [1.82, 2.24) is 24.3 Å². The van der Waals surface area contributed by atoms with Crippen molar-refractivity contribution in [1.29, 1.82) is 0 Å². The van der Waals surface area contributed by atoms with Gasteiger partial charge >= 0.3 is 0 Å². The molecule has 0 aliphatic heterocycles. The van der Waals surface area contributed by atoms with Crippen molar-refractivity contribution in [2.75, 3.05) is 0 Å². The van der Waals surface area contributed by atoms with Crippen LogP contribution in [0.1, 0.15) is 36.5 Å². The quantitative estimate of drug-likeness (QED) is 0.398. The summed E-state index contributed by atoms with van der Waals surface area (Å²) >= 11 is 12.4. The van der Waals surface area contributed by atoms with Crippen molar-refractivity contribution in [3.8, 4) is 17.3 Å². The number of rotatable bonds is 6. The zero-order valence-corrected chi connectivity index (χ0v) is 20.9. The van der Waals surface area contributed by atoms with Gasteiger partial charge < -0.3 is 9.84 Å². The Morgan fingerprint density at radius 3 is 2.57 bits per heavy atom. The number of hydrogen-bond acceptors (Lipinski definition) is 6. The highest BCUT2D eigenvalue weighted by Gasteiger charge is 2.21. The van der Waals surface area contributed by atoms with Crippen molar-refractivity contribution < 1.29 is 14.2 Å². The van der Waals surface area contributed by atoms with Gasteiger partial charge in [-0.25, -0.2) is 14.1 Å². The van der Waals surface area contributed by atoms with E-state index in [4.69, 9.17) is 27.9 Å². The number of nitrogens with zero attached hydrogens (tertiary/aromatic N) is 5. The molecule has 0 fully saturated rings. The SMILES string of the molecule is Cc1c(-n2c(C)cc(OCc3ncc(F)cc3Cl)c(Cl)c2=O)ccnc1-n1ccc(C(C)(C)O)n1. The van der Waals surface area contributed by atoms with Gasteiger partial charge in [0.25, 0.3) is 5.56 Å². The second kappa shape index (κ2) is 9.41. The van der Waals surface area contributed by atoms with E-state index in [-0.39, 0.29) is 22.4 Å². The van der Waals surface area contributed by atoms with Crippen LogP contribution >= 0.6 is 23.2 Å². The molecule has 0 aromatic carbocycles. The van der Waals surface area contributed by atoms with Gasteiger partial charge in [0.1, 0.15) is 28.8 Å². The highest BCUT2D eigenvalue weighted by atomic mass is 35.5. The molecule has 0 aliphatic rings. The first-order valence-corrected chi connectivity index (χ1v) is 11.3. The van der Waals surface area contributed by atoms with Gasteiger partial charge in [0.2, 0.25) is 0 Å². The average molecular weight is 518 g/mol. The predicted molar refractivity (Wildman–Crippen MR) is 130 cm³/mol. The fourth-order valence-corrected chi connectivity index (χ4v) is 3.94. The Bertz CT molecular complexity index is 1480. The normalized spacial score (nSPS) is 11.7. The number of aromatic nitrogens is 5. The van der Waals surface area contributed by atoms with E-state index in [1.165, 1.54) is 4.57 Å². The Hall–Kier alpha value is -3.27. The van der Waals surface area contributed by atoms with Crippen LogP contribution in [-0.2, 0) is 12.2 Å². The molecule has 0 amide bonds. The van der Waals surface area contributed by atoms with Crippen molar-refractivity contribution in [2.24, 2.45) is 0 Å². The van der Waals surface area contributed by atoms with Gasteiger partial charge in [0, 0.05) is 29.7 Å². The van der Waals surface area contributed by atoms with E-state index in [0.29, 0.717) is 34.2 Å². The zero-order valence-electron chi connectivity index (χ0n) is 19.4. The summed E-state index contributed by atoms with van der Waals surface area (Å²) in [5, 5.41) is 14.6. The topological polar surface area (TPSA) is 95.1 Å². The molecular formula is C24H22Cl2FN5O3. The molecule has 0 saturated heterocycles. The lowest BCUT2D eigenvalue weighted by molar-refractivity contribution is 0.0734. The molecule has 0 bridgehead atoms. The lowest BCUT2D eigenvalue weighted by Gasteiger charge is -2.17. The molecule has 4 aromatic rings. The van der Waals surface area contributed by atoms with Gasteiger partial charge in [-0.15, -0.1) is 0 Å². The fourth-order valence-electron chi connectivity index (χ4n) is 3.54. The molecule has 0 saturated carbocycles. The van der Waals surface area contributed by atoms with Crippen LogP contribution < -0.4 is 10.3 Å². The molecule has 0 aliphatic carbocycles. The summed E-state index contributed by atoms with van der Waals surface area (Å²) in [6.07, 6.45) is 4.29. The van der Waals surface area contributed by atoms with Gasteiger partial charge in [0.15, 0.2) is 5.82 Å². The predicted octanol–water partition coefficient (Wildman–Crippen LogP) is 4.68. The smallest absolute Gasteiger partial charge is 0.277 e. The van der Waals surface area contributed by atoms with Crippen LogP contribution in [0.5, 0.6) is 5.75 Å². The number of halogens is 3. The maximum absolute atomic E-state index is 13.3. The molecular weight excluding hydrogens is 496 g/mol. The molecule has 1 N–H and O–H groups in total. The number of aryl methyl sites for hydroxylation is 1. The number of pyridine rings is 3. The van der Waals surface area contributed by atoms with Crippen molar-refractivity contribution in [3.05, 3.63) is 91.7 Å². The molecule has 0 unspecified atom stereocenters. The first kappa shape index (κ1) is 24.8. The largest absolute Gasteiger partial charge is 0.485 e. The third-order valence-electron chi connectivity index (χ3n) is 5.37. The van der Waals surface area contributed by atoms with Crippen LogP contribution in [0.3, 0.4) is 0 Å². The van der Waals surface area contributed by atoms with E-state index in [1.54, 1.807) is 56.0 Å². The maximum atomic E-state index is 13.3. The molecule has 182 valence electrons. The summed E-state index contributed by atoms with van der Waals surface area (Å²) in [7, 11) is 0. The minimum absolute atomic E-state index is 0.0942. The fraction of sp³-hybridized carbons (Fsp3) is 0.250. The highest BCUT2D eigenvalue weighted by molar-refractivity contribution is 6.32. The third kappa shape index (κ3) is 4.93. The summed E-state index contributed by atoms with van der Waals surface area (Å²) in [5.41, 5.74) is 0.997. The third-order valence-corrected chi connectivity index (χ3v) is 6.05. The van der Waals surface area contributed by atoms with Gasteiger partial charge in [-0.2, -0.15) is 5.10 Å². The van der Waals surface area contributed by atoms with Crippen molar-refractivity contribution >= 4 is 23.2 Å². The Balaban J connectivity index is 1.71. The number of ether oxygens (including phenoxy) is 1. The Morgan fingerprint density at radius 2 is 1.91 bits per heavy atom. The lowest BCUT2D eigenvalue weighted by atomic mass is 10.1. The Kier molecular flexibility index (Phi) is 6.68. The van der Waals surface area contributed by atoms with Crippen LogP contribution in [0.2, 0.25) is 10.0 Å². The molecule has 11 heteroatoms. The Labute approximate surface area is 210 Å². The summed E-state index contributed by atoms with van der Waals surface area (Å²) in [4.78, 5) is 21.6. The molecule has 4 aromatic heterocycles. The first-order chi connectivity index (χ1) is 16.5. The van der Waals surface area contributed by atoms with Crippen LogP contribution in [-0.4, -0.2) is 29.4 Å². The molecule has 4 heterocycles. The van der Waals surface area contributed by atoms with E-state index in [2.05, 4.69) is 15.1 Å². The van der Waals surface area contributed by atoms with Gasteiger partial charge in [0.05, 0.1) is 28.3 Å². The maximum Gasteiger partial charge on any atom is 0.277 e. The van der Waals surface area contributed by atoms with E-state index >= 15 is 0 Å². The van der Waals surface area contributed by atoms with Crippen molar-refractivity contribution in [2.45, 2.75) is 39.9 Å². The molecule has 0 spiro atoms. The first-order valence-electron chi connectivity index (χ1n) is 10.6. The molecule has 0 radical (unpaired) electrons. The summed E-state index contributed by atoms with van der Waals surface area (Å²) in [6.45, 7) is 6.75. The molecule has 8 nitrogen and oxygen atoms in total. The van der Waals surface area contributed by atoms with Gasteiger partial charge in [-0.3, -0.25) is 14.3 Å². The monoisotopic (exact) mass is 517 g/mol. The minimum Gasteiger partial charge on any atom is -0.485 e. The van der Waals surface area contributed by atoms with E-state index in [0.717, 1.165) is 12.3 Å². The number of hydrogen-bond donors (Lipinski definition) is 1. The molecule has 4 rings (SSSR count). The standard InChI is InChI=1S/C24H22Cl2FN5O3/c1-13-9-19(35-12-17-16(25)10-15(27)11-29-17)21(26)23(33)32(13)18-5-7-28-22(14(18)2)31-8-6-20(30-31)24(3,4)34/h5-11,34H,12H2,1-4H3. The van der Waals surface area contributed by atoms with Crippen LogP contribution in [0.25, 0.3) is 11.5 Å².